The minimum atomic E-state index is 0.188. The Balaban J connectivity index is 1.67. The Morgan fingerprint density at radius 3 is 3.00 bits per heavy atom. The number of hydrogen-bond acceptors (Lipinski definition) is 4. The fourth-order valence-corrected chi connectivity index (χ4v) is 5.08. The molecule has 6 heteroatoms. The van der Waals surface area contributed by atoms with E-state index in [0.29, 0.717) is 5.92 Å². The largest absolute Gasteiger partial charge is 0.343 e. The van der Waals surface area contributed by atoms with Gasteiger partial charge in [0.05, 0.1) is 0 Å². The average Bonchev–Trinajstić information content (AvgIpc) is 3.01. The molecule has 0 unspecified atom stereocenters. The molecule has 2 aliphatic heterocycles. The fourth-order valence-electron chi connectivity index (χ4n) is 4.10. The summed E-state index contributed by atoms with van der Waals surface area (Å²) in [5.74, 6) is 3.02. The number of pyridine rings is 1. The maximum absolute atomic E-state index is 11.8. The van der Waals surface area contributed by atoms with Gasteiger partial charge in [0.1, 0.15) is 5.65 Å². The first-order valence-corrected chi connectivity index (χ1v) is 10.4. The standard InChI is InChI=1S/C19H26N4OS/c1-14(24)23-7-3-4-15(12-23)18-17(13-22-8-10-25-11-9-22)16-5-2-6-20-19(16)21-18/h2,5-6,15H,3-4,7-13H2,1H3,(H,20,21)/t15-/m0/s1. The van der Waals surface area contributed by atoms with Crippen molar-refractivity contribution >= 4 is 28.7 Å². The molecule has 2 aromatic heterocycles. The van der Waals surface area contributed by atoms with Gasteiger partial charge in [-0.1, -0.05) is 0 Å². The van der Waals surface area contributed by atoms with Crippen molar-refractivity contribution in [2.75, 3.05) is 37.7 Å². The molecule has 0 bridgehead atoms. The first-order chi connectivity index (χ1) is 12.2. The first-order valence-electron chi connectivity index (χ1n) is 9.23. The molecule has 25 heavy (non-hydrogen) atoms. The molecule has 4 rings (SSSR count). The van der Waals surface area contributed by atoms with Crippen molar-refractivity contribution in [1.82, 2.24) is 19.8 Å². The molecule has 0 saturated carbocycles. The van der Waals surface area contributed by atoms with E-state index >= 15 is 0 Å². The van der Waals surface area contributed by atoms with Crippen molar-refractivity contribution in [2.24, 2.45) is 0 Å². The average molecular weight is 359 g/mol. The Morgan fingerprint density at radius 2 is 2.20 bits per heavy atom. The molecule has 0 aliphatic carbocycles. The summed E-state index contributed by atoms with van der Waals surface area (Å²) >= 11 is 2.04. The quantitative estimate of drug-likeness (QED) is 0.917. The lowest BCUT2D eigenvalue weighted by Gasteiger charge is -2.33. The number of hydrogen-bond donors (Lipinski definition) is 1. The zero-order valence-electron chi connectivity index (χ0n) is 14.8. The van der Waals surface area contributed by atoms with Crippen LogP contribution in [-0.2, 0) is 11.3 Å². The summed E-state index contributed by atoms with van der Waals surface area (Å²) in [4.78, 5) is 24.5. The van der Waals surface area contributed by atoms with Crippen LogP contribution in [-0.4, -0.2) is 63.4 Å². The molecule has 0 aromatic carbocycles. The minimum Gasteiger partial charge on any atom is -0.343 e. The van der Waals surface area contributed by atoms with Crippen molar-refractivity contribution in [3.05, 3.63) is 29.6 Å². The van der Waals surface area contributed by atoms with Gasteiger partial charge in [-0.05, 0) is 30.5 Å². The van der Waals surface area contributed by atoms with Crippen molar-refractivity contribution < 1.29 is 4.79 Å². The summed E-state index contributed by atoms with van der Waals surface area (Å²) in [5, 5.41) is 1.25. The number of fused-ring (bicyclic) bond motifs is 1. The number of aromatic nitrogens is 2. The van der Waals surface area contributed by atoms with Crippen LogP contribution in [0.1, 0.15) is 36.9 Å². The second-order valence-corrected chi connectivity index (χ2v) is 8.33. The predicted molar refractivity (Wildman–Crippen MR) is 103 cm³/mol. The van der Waals surface area contributed by atoms with Gasteiger partial charge in [0, 0.05) is 74.3 Å². The summed E-state index contributed by atoms with van der Waals surface area (Å²) in [6, 6.07) is 4.21. The molecule has 2 saturated heterocycles. The fraction of sp³-hybridized carbons (Fsp3) is 0.579. The minimum absolute atomic E-state index is 0.188. The highest BCUT2D eigenvalue weighted by Crippen LogP contribution is 2.33. The third-order valence-corrected chi connectivity index (χ3v) is 6.41. The lowest BCUT2D eigenvalue weighted by atomic mass is 9.91. The molecule has 1 atom stereocenters. The zero-order valence-corrected chi connectivity index (χ0v) is 15.6. The van der Waals surface area contributed by atoms with Gasteiger partial charge in [0.25, 0.3) is 0 Å². The molecule has 134 valence electrons. The van der Waals surface area contributed by atoms with E-state index in [1.807, 2.05) is 28.9 Å². The molecule has 1 N–H and O–H groups in total. The van der Waals surface area contributed by atoms with Crippen LogP contribution >= 0.6 is 11.8 Å². The van der Waals surface area contributed by atoms with Gasteiger partial charge in [-0.2, -0.15) is 11.8 Å². The van der Waals surface area contributed by atoms with Gasteiger partial charge in [-0.3, -0.25) is 9.69 Å². The second-order valence-electron chi connectivity index (χ2n) is 7.11. The maximum Gasteiger partial charge on any atom is 0.219 e. The first kappa shape index (κ1) is 16.9. The number of H-pyrrole nitrogens is 1. The molecule has 0 spiro atoms. The lowest BCUT2D eigenvalue weighted by molar-refractivity contribution is -0.130. The molecule has 0 radical (unpaired) electrons. The molecular weight excluding hydrogens is 332 g/mol. The van der Waals surface area contributed by atoms with Crippen LogP contribution < -0.4 is 0 Å². The van der Waals surface area contributed by atoms with Gasteiger partial charge in [-0.15, -0.1) is 0 Å². The van der Waals surface area contributed by atoms with E-state index in [2.05, 4.69) is 20.9 Å². The Hall–Kier alpha value is -1.53. The summed E-state index contributed by atoms with van der Waals surface area (Å²) in [5.41, 5.74) is 3.68. The van der Waals surface area contributed by atoms with Crippen molar-refractivity contribution in [3.8, 4) is 0 Å². The van der Waals surface area contributed by atoms with Crippen LogP contribution in [0.3, 0.4) is 0 Å². The van der Waals surface area contributed by atoms with Crippen molar-refractivity contribution in [2.45, 2.75) is 32.2 Å². The normalized spacial score (nSPS) is 22.4. The van der Waals surface area contributed by atoms with E-state index in [1.165, 1.54) is 28.1 Å². The lowest BCUT2D eigenvalue weighted by Crippen LogP contribution is -2.38. The van der Waals surface area contributed by atoms with Crippen molar-refractivity contribution in [1.29, 1.82) is 0 Å². The van der Waals surface area contributed by atoms with Crippen LogP contribution in [0.25, 0.3) is 11.0 Å². The highest BCUT2D eigenvalue weighted by molar-refractivity contribution is 7.99. The molecular formula is C19H26N4OS. The molecule has 2 aromatic rings. The number of aromatic amines is 1. The third kappa shape index (κ3) is 3.55. The van der Waals surface area contributed by atoms with Gasteiger partial charge in [0.15, 0.2) is 0 Å². The number of nitrogens with one attached hydrogen (secondary N) is 1. The van der Waals surface area contributed by atoms with E-state index in [9.17, 15) is 4.79 Å². The van der Waals surface area contributed by atoms with Crippen LogP contribution in [0, 0.1) is 0 Å². The number of carbonyl (C=O) groups is 1. The van der Waals surface area contributed by atoms with Gasteiger partial charge < -0.3 is 9.88 Å². The highest BCUT2D eigenvalue weighted by atomic mass is 32.2. The Morgan fingerprint density at radius 1 is 1.36 bits per heavy atom. The highest BCUT2D eigenvalue weighted by Gasteiger charge is 2.28. The topological polar surface area (TPSA) is 52.2 Å². The van der Waals surface area contributed by atoms with Crippen LogP contribution in [0.5, 0.6) is 0 Å². The molecule has 5 nitrogen and oxygen atoms in total. The number of piperidine rings is 1. The van der Waals surface area contributed by atoms with Crippen LogP contribution in [0.4, 0.5) is 0 Å². The van der Waals surface area contributed by atoms with E-state index in [4.69, 9.17) is 0 Å². The summed E-state index contributed by atoms with van der Waals surface area (Å²) in [6.45, 7) is 6.69. The molecule has 2 aliphatic rings. The zero-order chi connectivity index (χ0) is 17.2. The Labute approximate surface area is 153 Å². The summed E-state index contributed by atoms with van der Waals surface area (Å²) < 4.78 is 0. The molecule has 1 amide bonds. The Kier molecular flexibility index (Phi) is 4.99. The van der Waals surface area contributed by atoms with Gasteiger partial charge in [-0.25, -0.2) is 4.98 Å². The third-order valence-electron chi connectivity index (χ3n) is 5.47. The summed E-state index contributed by atoms with van der Waals surface area (Å²) in [6.07, 6.45) is 4.07. The number of thioether (sulfide) groups is 1. The van der Waals surface area contributed by atoms with E-state index in [0.717, 1.165) is 51.2 Å². The van der Waals surface area contributed by atoms with Crippen LogP contribution in [0.2, 0.25) is 0 Å². The maximum atomic E-state index is 11.8. The van der Waals surface area contributed by atoms with Crippen LogP contribution in [0.15, 0.2) is 18.3 Å². The molecule has 4 heterocycles. The second kappa shape index (κ2) is 7.38. The summed E-state index contributed by atoms with van der Waals surface area (Å²) in [7, 11) is 0. The number of nitrogens with zero attached hydrogens (tertiary/aromatic N) is 3. The van der Waals surface area contributed by atoms with E-state index in [-0.39, 0.29) is 5.91 Å². The number of rotatable bonds is 3. The van der Waals surface area contributed by atoms with E-state index < -0.39 is 0 Å². The monoisotopic (exact) mass is 358 g/mol. The van der Waals surface area contributed by atoms with Crippen molar-refractivity contribution in [3.63, 3.8) is 0 Å². The van der Waals surface area contributed by atoms with E-state index in [1.54, 1.807) is 6.92 Å². The molecule has 2 fully saturated rings. The number of carbonyl (C=O) groups excluding carboxylic acids is 1. The van der Waals surface area contributed by atoms with Gasteiger partial charge in [0.2, 0.25) is 5.91 Å². The Bertz CT molecular complexity index is 753. The van der Waals surface area contributed by atoms with Gasteiger partial charge >= 0.3 is 0 Å². The SMILES string of the molecule is CC(=O)N1CCC[C@H](c2[nH]c3ncccc3c2CN2CCSCC2)C1. The predicted octanol–water partition coefficient (Wildman–Crippen LogP) is 2.84. The smallest absolute Gasteiger partial charge is 0.219 e. The number of likely N-dealkylation sites (tertiary alicyclic amines) is 1. The number of amides is 1.